The fraction of sp³-hybridized carbons (Fsp3) is 0.179. The maximum Gasteiger partial charge on any atom is 0.205 e. The van der Waals surface area contributed by atoms with Gasteiger partial charge in [-0.05, 0) is 45.8 Å². The molecule has 0 spiro atoms. The van der Waals surface area contributed by atoms with Crippen molar-refractivity contribution >= 4 is 21.8 Å². The summed E-state index contributed by atoms with van der Waals surface area (Å²) in [5.41, 5.74) is 6.56. The number of pyridine rings is 1. The standard InChI is InChI=1S/C28H25N7.H3N/c1-2-3-8-26-30-25-14-13-21-15-16-29-17-24(21)27(25)35(26)18-19-9-11-20(12-10-19)22-6-4-5-7-23(22)28-31-33-34-32-28;/h4-7,9-17H,2-3,8,18H2,1H3,(H,31,32,33,34);1H3/p+1. The molecule has 3 aromatic heterocycles. The first-order chi connectivity index (χ1) is 17.3. The van der Waals surface area contributed by atoms with E-state index in [0.717, 1.165) is 64.7 Å². The summed E-state index contributed by atoms with van der Waals surface area (Å²) in [6.07, 6.45) is 7.02. The van der Waals surface area contributed by atoms with E-state index in [4.69, 9.17) is 4.98 Å². The second kappa shape index (κ2) is 10.1. The van der Waals surface area contributed by atoms with Crippen LogP contribution in [-0.4, -0.2) is 35.2 Å². The Balaban J connectivity index is 0.00000267. The van der Waals surface area contributed by atoms with Crippen LogP contribution in [0.1, 0.15) is 31.2 Å². The smallest absolute Gasteiger partial charge is 0.205 e. The molecule has 6 aromatic rings. The molecule has 0 saturated carbocycles. The summed E-state index contributed by atoms with van der Waals surface area (Å²) in [5.74, 6) is 1.72. The first-order valence-corrected chi connectivity index (χ1v) is 12.0. The number of aryl methyl sites for hydroxylation is 1. The Morgan fingerprint density at radius 1 is 0.917 bits per heavy atom. The van der Waals surface area contributed by atoms with Gasteiger partial charge in [-0.1, -0.05) is 67.9 Å². The van der Waals surface area contributed by atoms with Crippen LogP contribution in [-0.2, 0) is 13.0 Å². The summed E-state index contributed by atoms with van der Waals surface area (Å²) in [4.78, 5) is 9.41. The molecule has 8 heteroatoms. The van der Waals surface area contributed by atoms with Gasteiger partial charge in [0.1, 0.15) is 5.82 Å². The number of imidazole rings is 1. The number of hydrogen-bond donors (Lipinski definition) is 2. The zero-order chi connectivity index (χ0) is 23.6. The summed E-state index contributed by atoms with van der Waals surface area (Å²) in [6, 6.07) is 23.2. The van der Waals surface area contributed by atoms with Crippen LogP contribution in [0.2, 0.25) is 0 Å². The Morgan fingerprint density at radius 3 is 2.53 bits per heavy atom. The Morgan fingerprint density at radius 2 is 1.75 bits per heavy atom. The number of fused-ring (bicyclic) bond motifs is 3. The van der Waals surface area contributed by atoms with E-state index < -0.39 is 0 Å². The van der Waals surface area contributed by atoms with Crippen molar-refractivity contribution in [2.24, 2.45) is 0 Å². The number of rotatable bonds is 7. The molecular weight excluding hydrogens is 448 g/mol. The Bertz CT molecular complexity index is 1600. The maximum atomic E-state index is 5.01. The molecule has 0 fully saturated rings. The van der Waals surface area contributed by atoms with E-state index >= 15 is 0 Å². The number of nitrogens with one attached hydrogen (secondary N) is 1. The summed E-state index contributed by atoms with van der Waals surface area (Å²) in [5, 5.41) is 16.9. The molecule has 3 aromatic carbocycles. The fourth-order valence-electron chi connectivity index (χ4n) is 4.71. The van der Waals surface area contributed by atoms with E-state index in [1.165, 1.54) is 10.9 Å². The van der Waals surface area contributed by atoms with Crippen molar-refractivity contribution in [2.75, 3.05) is 0 Å². The zero-order valence-electron chi connectivity index (χ0n) is 20.5. The Labute approximate surface area is 209 Å². The molecule has 0 amide bonds. The summed E-state index contributed by atoms with van der Waals surface area (Å²) < 4.78 is 2.37. The first-order valence-electron chi connectivity index (χ1n) is 12.0. The van der Waals surface area contributed by atoms with Crippen LogP contribution in [0.5, 0.6) is 0 Å². The maximum absolute atomic E-state index is 5.01. The molecule has 0 atom stereocenters. The normalized spacial score (nSPS) is 11.1. The molecule has 180 valence electrons. The van der Waals surface area contributed by atoms with Gasteiger partial charge in [-0.25, -0.2) is 4.98 Å². The monoisotopic (exact) mass is 477 g/mol. The average molecular weight is 478 g/mol. The van der Waals surface area contributed by atoms with Crippen molar-refractivity contribution in [1.29, 1.82) is 0 Å². The van der Waals surface area contributed by atoms with Crippen molar-refractivity contribution < 1.29 is 0 Å². The summed E-state index contributed by atoms with van der Waals surface area (Å²) in [6.45, 7) is 2.98. The number of aromatic nitrogens is 7. The van der Waals surface area contributed by atoms with Crippen LogP contribution in [0.4, 0.5) is 0 Å². The minimum atomic E-state index is 0. The van der Waals surface area contributed by atoms with Crippen LogP contribution in [0.3, 0.4) is 0 Å². The fourth-order valence-corrected chi connectivity index (χ4v) is 4.71. The largest absolute Gasteiger partial charge is 0.369 e. The van der Waals surface area contributed by atoms with Crippen molar-refractivity contribution in [1.82, 2.24) is 41.3 Å². The van der Waals surface area contributed by atoms with Gasteiger partial charge in [-0.2, -0.15) is 5.21 Å². The highest BCUT2D eigenvalue weighted by Gasteiger charge is 2.15. The number of aromatic amines is 1. The first kappa shape index (κ1) is 23.3. The minimum absolute atomic E-state index is 0. The predicted molar refractivity (Wildman–Crippen MR) is 144 cm³/mol. The van der Waals surface area contributed by atoms with Crippen molar-refractivity contribution in [3.8, 4) is 22.5 Å². The van der Waals surface area contributed by atoms with Crippen LogP contribution in [0.15, 0.2) is 79.1 Å². The van der Waals surface area contributed by atoms with Crippen LogP contribution >= 0.6 is 0 Å². The zero-order valence-corrected chi connectivity index (χ0v) is 20.5. The molecule has 5 N–H and O–H groups in total. The number of tetrazole rings is 1. The van der Waals surface area contributed by atoms with E-state index in [1.807, 2.05) is 30.6 Å². The van der Waals surface area contributed by atoms with Gasteiger partial charge in [0.2, 0.25) is 5.82 Å². The molecule has 0 aliphatic carbocycles. The van der Waals surface area contributed by atoms with Crippen LogP contribution in [0, 0.1) is 0 Å². The van der Waals surface area contributed by atoms with E-state index in [0.29, 0.717) is 5.82 Å². The quantitative estimate of drug-likeness (QED) is 0.283. The third-order valence-electron chi connectivity index (χ3n) is 6.48. The lowest BCUT2D eigenvalue weighted by molar-refractivity contribution is 0.690. The van der Waals surface area contributed by atoms with Crippen LogP contribution < -0.4 is 6.15 Å². The molecule has 8 nitrogen and oxygen atoms in total. The van der Waals surface area contributed by atoms with Crippen LogP contribution in [0.25, 0.3) is 44.3 Å². The summed E-state index contributed by atoms with van der Waals surface area (Å²) in [7, 11) is 0. The van der Waals surface area contributed by atoms with E-state index in [9.17, 15) is 0 Å². The number of quaternary nitrogens is 1. The molecule has 0 aliphatic heterocycles. The second-order valence-electron chi connectivity index (χ2n) is 8.73. The number of H-pyrrole nitrogens is 1. The Kier molecular flexibility index (Phi) is 6.51. The SMILES string of the molecule is CCCCc1nc2ccc3ccncc3c2n1Cc1ccc(-c2ccccc2-c2nn[nH]n2)cc1.[NH4+]. The van der Waals surface area contributed by atoms with Gasteiger partial charge in [0.25, 0.3) is 0 Å². The number of unbranched alkanes of at least 4 members (excludes halogenated alkanes) is 1. The highest BCUT2D eigenvalue weighted by molar-refractivity contribution is 6.04. The van der Waals surface area contributed by atoms with Crippen molar-refractivity contribution in [3.63, 3.8) is 0 Å². The topological polar surface area (TPSA) is 122 Å². The third kappa shape index (κ3) is 4.23. The van der Waals surface area contributed by atoms with Gasteiger partial charge in [0, 0.05) is 36.3 Å². The molecule has 3 heterocycles. The predicted octanol–water partition coefficient (Wildman–Crippen LogP) is 6.20. The second-order valence-corrected chi connectivity index (χ2v) is 8.73. The van der Waals surface area contributed by atoms with E-state index in [-0.39, 0.29) is 6.15 Å². The lowest BCUT2D eigenvalue weighted by atomic mass is 9.98. The van der Waals surface area contributed by atoms with Gasteiger partial charge in [0.05, 0.1) is 11.0 Å². The van der Waals surface area contributed by atoms with Gasteiger partial charge < -0.3 is 10.7 Å². The van der Waals surface area contributed by atoms with Gasteiger partial charge in [0.15, 0.2) is 0 Å². The van der Waals surface area contributed by atoms with Gasteiger partial charge >= 0.3 is 0 Å². The molecule has 0 aliphatic rings. The Hall–Kier alpha value is -4.43. The van der Waals surface area contributed by atoms with Gasteiger partial charge in [-0.3, -0.25) is 4.98 Å². The average Bonchev–Trinajstić information content (AvgIpc) is 3.57. The number of hydrogen-bond acceptors (Lipinski definition) is 5. The molecule has 0 bridgehead atoms. The lowest BCUT2D eigenvalue weighted by Gasteiger charge is -2.12. The van der Waals surface area contributed by atoms with Gasteiger partial charge in [-0.15, -0.1) is 10.2 Å². The lowest BCUT2D eigenvalue weighted by Crippen LogP contribution is -2.06. The highest BCUT2D eigenvalue weighted by Crippen LogP contribution is 2.31. The molecule has 0 radical (unpaired) electrons. The number of benzene rings is 3. The molecule has 0 unspecified atom stereocenters. The van der Waals surface area contributed by atoms with E-state index in [2.05, 4.69) is 85.6 Å². The summed E-state index contributed by atoms with van der Waals surface area (Å²) >= 11 is 0. The third-order valence-corrected chi connectivity index (χ3v) is 6.48. The molecular formula is C28H29N8+. The minimum Gasteiger partial charge on any atom is -0.369 e. The molecule has 6 rings (SSSR count). The van der Waals surface area contributed by atoms with E-state index in [1.54, 1.807) is 0 Å². The molecule has 36 heavy (non-hydrogen) atoms. The highest BCUT2D eigenvalue weighted by atomic mass is 15.5. The van der Waals surface area contributed by atoms with Crippen molar-refractivity contribution in [3.05, 3.63) is 90.5 Å². The van der Waals surface area contributed by atoms with Crippen molar-refractivity contribution in [2.45, 2.75) is 32.7 Å². The molecule has 0 saturated heterocycles. The number of nitrogens with zero attached hydrogens (tertiary/aromatic N) is 6.